The summed E-state index contributed by atoms with van der Waals surface area (Å²) in [6.45, 7) is 7.49. The summed E-state index contributed by atoms with van der Waals surface area (Å²) in [6, 6.07) is 0. The lowest BCUT2D eigenvalue weighted by Crippen LogP contribution is -2.16. The first-order chi connectivity index (χ1) is 9.65. The van der Waals surface area contributed by atoms with Gasteiger partial charge in [-0.15, -0.1) is 22.7 Å². The molecule has 2 rings (SSSR count). The number of thiazole rings is 1. The first-order valence-electron chi connectivity index (χ1n) is 6.32. The second kappa shape index (κ2) is 5.68. The van der Waals surface area contributed by atoms with E-state index in [1.807, 2.05) is 26.2 Å². The van der Waals surface area contributed by atoms with Gasteiger partial charge in [-0.25, -0.2) is 13.4 Å². The maximum Gasteiger partial charge on any atom is 0.265 e. The van der Waals surface area contributed by atoms with Gasteiger partial charge in [0.15, 0.2) is 5.13 Å². The summed E-state index contributed by atoms with van der Waals surface area (Å²) in [5, 5.41) is 13.2. The average Bonchev–Trinajstić information content (AvgIpc) is 2.94. The van der Waals surface area contributed by atoms with E-state index in [0.717, 1.165) is 5.69 Å². The molecule has 0 atom stereocenters. The average molecular weight is 346 g/mol. The Labute approximate surface area is 132 Å². The highest BCUT2D eigenvalue weighted by molar-refractivity contribution is 7.93. The molecule has 0 aliphatic carbocycles. The number of aryl methyl sites for hydroxylation is 1. The van der Waals surface area contributed by atoms with Crippen LogP contribution in [0.3, 0.4) is 0 Å². The molecule has 0 aliphatic heterocycles. The third kappa shape index (κ3) is 3.45. The van der Waals surface area contributed by atoms with Crippen molar-refractivity contribution >= 4 is 37.8 Å². The largest absolute Gasteiger partial charge is 0.391 e. The molecule has 0 unspecified atom stereocenters. The van der Waals surface area contributed by atoms with E-state index in [2.05, 4.69) is 9.71 Å². The van der Waals surface area contributed by atoms with Crippen LogP contribution in [0.5, 0.6) is 0 Å². The van der Waals surface area contributed by atoms with E-state index in [-0.39, 0.29) is 16.9 Å². The van der Waals surface area contributed by atoms with Gasteiger partial charge in [-0.2, -0.15) is 0 Å². The summed E-state index contributed by atoms with van der Waals surface area (Å²) in [6.07, 6.45) is 0. The van der Waals surface area contributed by atoms with Crippen LogP contribution in [0.1, 0.15) is 36.9 Å². The Bertz CT molecular complexity index is 739. The molecule has 2 aromatic rings. The minimum absolute atomic E-state index is 0.130. The van der Waals surface area contributed by atoms with Crippen LogP contribution in [0.25, 0.3) is 0 Å². The lowest BCUT2D eigenvalue weighted by molar-refractivity contribution is 0.282. The third-order valence-electron chi connectivity index (χ3n) is 2.90. The number of aromatic nitrogens is 1. The lowest BCUT2D eigenvalue weighted by Gasteiger charge is -2.14. The van der Waals surface area contributed by atoms with Crippen LogP contribution in [0.2, 0.25) is 0 Å². The van der Waals surface area contributed by atoms with Crippen molar-refractivity contribution in [2.24, 2.45) is 0 Å². The third-order valence-corrected chi connectivity index (χ3v) is 6.57. The molecular weight excluding hydrogens is 328 g/mol. The number of hydrogen-bond acceptors (Lipinski definition) is 6. The number of aliphatic hydroxyl groups is 1. The van der Waals surface area contributed by atoms with Crippen LogP contribution in [0.4, 0.5) is 5.13 Å². The standard InChI is InChI=1S/C13H18N2O3S3/c1-8-6-19-9(5-16)11(8)21(17,18)15-12-14-10(7-20-12)13(2,3)4/h6-7,16H,5H2,1-4H3,(H,14,15). The van der Waals surface area contributed by atoms with E-state index in [9.17, 15) is 13.5 Å². The number of nitrogens with one attached hydrogen (secondary N) is 1. The van der Waals surface area contributed by atoms with Crippen molar-refractivity contribution in [3.63, 3.8) is 0 Å². The van der Waals surface area contributed by atoms with Crippen LogP contribution >= 0.6 is 22.7 Å². The Morgan fingerprint density at radius 2 is 1.95 bits per heavy atom. The number of rotatable bonds is 4. The molecule has 8 heteroatoms. The second-order valence-corrected chi connectivity index (χ2v) is 9.16. The van der Waals surface area contributed by atoms with Gasteiger partial charge in [-0.3, -0.25) is 4.72 Å². The first-order valence-corrected chi connectivity index (χ1v) is 9.56. The molecule has 0 aromatic carbocycles. The molecule has 2 N–H and O–H groups in total. The van der Waals surface area contributed by atoms with E-state index in [1.54, 1.807) is 12.3 Å². The van der Waals surface area contributed by atoms with Crippen molar-refractivity contribution in [2.75, 3.05) is 4.72 Å². The maximum absolute atomic E-state index is 12.5. The molecule has 2 aromatic heterocycles. The monoisotopic (exact) mass is 346 g/mol. The SMILES string of the molecule is Cc1csc(CO)c1S(=O)(=O)Nc1nc(C(C)(C)C)cs1. The lowest BCUT2D eigenvalue weighted by atomic mass is 9.93. The number of sulfonamides is 1. The summed E-state index contributed by atoms with van der Waals surface area (Å²) in [5.74, 6) is 0. The van der Waals surface area contributed by atoms with Gasteiger partial charge in [-0.05, 0) is 17.9 Å². The van der Waals surface area contributed by atoms with Crippen LogP contribution < -0.4 is 4.72 Å². The van der Waals surface area contributed by atoms with Crippen molar-refractivity contribution in [3.05, 3.63) is 26.9 Å². The van der Waals surface area contributed by atoms with Crippen molar-refractivity contribution in [1.29, 1.82) is 0 Å². The molecule has 0 radical (unpaired) electrons. The molecule has 5 nitrogen and oxygen atoms in total. The predicted octanol–water partition coefficient (Wildman–Crippen LogP) is 3.10. The zero-order valence-electron chi connectivity index (χ0n) is 12.3. The van der Waals surface area contributed by atoms with Crippen LogP contribution in [-0.2, 0) is 22.0 Å². The second-order valence-electron chi connectivity index (χ2n) is 5.72. The fourth-order valence-electron chi connectivity index (χ4n) is 1.79. The molecule has 116 valence electrons. The van der Waals surface area contributed by atoms with Crippen LogP contribution in [0, 0.1) is 6.92 Å². The highest BCUT2D eigenvalue weighted by atomic mass is 32.2. The fourth-order valence-corrected chi connectivity index (χ4v) is 5.64. The summed E-state index contributed by atoms with van der Waals surface area (Å²) in [7, 11) is -3.73. The van der Waals surface area contributed by atoms with E-state index in [1.165, 1.54) is 22.7 Å². The summed E-state index contributed by atoms with van der Waals surface area (Å²) >= 11 is 2.50. The van der Waals surface area contributed by atoms with Gasteiger partial charge in [0, 0.05) is 10.8 Å². The Kier molecular flexibility index (Phi) is 4.44. The normalized spacial score (nSPS) is 12.6. The minimum atomic E-state index is -3.73. The maximum atomic E-state index is 12.5. The molecule has 0 saturated carbocycles. The molecular formula is C13H18N2O3S3. The summed E-state index contributed by atoms with van der Waals surface area (Å²) in [5.41, 5.74) is 1.34. The highest BCUT2D eigenvalue weighted by Crippen LogP contribution is 2.31. The summed E-state index contributed by atoms with van der Waals surface area (Å²) < 4.78 is 27.5. The van der Waals surface area contributed by atoms with Crippen molar-refractivity contribution < 1.29 is 13.5 Å². The van der Waals surface area contributed by atoms with Gasteiger partial charge in [0.05, 0.1) is 17.2 Å². The Balaban J connectivity index is 2.34. The smallest absolute Gasteiger partial charge is 0.265 e. The number of thiophene rings is 1. The number of anilines is 1. The molecule has 0 bridgehead atoms. The zero-order chi connectivity index (χ0) is 15.8. The Hall–Kier alpha value is -0.960. The van der Waals surface area contributed by atoms with E-state index in [0.29, 0.717) is 15.6 Å². The van der Waals surface area contributed by atoms with Crippen molar-refractivity contribution in [1.82, 2.24) is 4.98 Å². The molecule has 0 fully saturated rings. The van der Waals surface area contributed by atoms with Gasteiger partial charge >= 0.3 is 0 Å². The van der Waals surface area contributed by atoms with Gasteiger partial charge in [-0.1, -0.05) is 20.8 Å². The topological polar surface area (TPSA) is 79.3 Å². The first kappa shape index (κ1) is 16.4. The van der Waals surface area contributed by atoms with Crippen LogP contribution in [0.15, 0.2) is 15.7 Å². The van der Waals surface area contributed by atoms with Crippen molar-refractivity contribution in [3.8, 4) is 0 Å². The van der Waals surface area contributed by atoms with E-state index >= 15 is 0 Å². The molecule has 21 heavy (non-hydrogen) atoms. The Morgan fingerprint density at radius 3 is 2.48 bits per heavy atom. The van der Waals surface area contributed by atoms with E-state index < -0.39 is 10.0 Å². The quantitative estimate of drug-likeness (QED) is 0.891. The summed E-state index contributed by atoms with van der Waals surface area (Å²) in [4.78, 5) is 4.92. The molecule has 2 heterocycles. The molecule has 0 spiro atoms. The predicted molar refractivity (Wildman–Crippen MR) is 86.6 cm³/mol. The molecule has 0 saturated heterocycles. The zero-order valence-corrected chi connectivity index (χ0v) is 14.7. The minimum Gasteiger partial charge on any atom is -0.391 e. The van der Waals surface area contributed by atoms with Crippen LogP contribution in [-0.4, -0.2) is 18.5 Å². The van der Waals surface area contributed by atoms with Gasteiger partial charge in [0.2, 0.25) is 0 Å². The molecule has 0 aliphatic rings. The Morgan fingerprint density at radius 1 is 1.29 bits per heavy atom. The van der Waals surface area contributed by atoms with E-state index in [4.69, 9.17) is 0 Å². The fraction of sp³-hybridized carbons (Fsp3) is 0.462. The van der Waals surface area contributed by atoms with Gasteiger partial charge in [0.25, 0.3) is 10.0 Å². The number of aliphatic hydroxyl groups excluding tert-OH is 1. The van der Waals surface area contributed by atoms with Gasteiger partial charge in [0.1, 0.15) is 4.90 Å². The highest BCUT2D eigenvalue weighted by Gasteiger charge is 2.25. The van der Waals surface area contributed by atoms with Gasteiger partial charge < -0.3 is 5.11 Å². The van der Waals surface area contributed by atoms with Crippen molar-refractivity contribution in [2.45, 2.75) is 44.6 Å². The number of hydrogen-bond donors (Lipinski definition) is 2. The molecule has 0 amide bonds. The number of nitrogens with zero attached hydrogens (tertiary/aromatic N) is 1.